The molecule has 7 nitrogen and oxygen atoms in total. The van der Waals surface area contributed by atoms with Gasteiger partial charge in [-0.25, -0.2) is 14.1 Å². The predicted octanol–water partition coefficient (Wildman–Crippen LogP) is 3.32. The van der Waals surface area contributed by atoms with E-state index >= 15 is 0 Å². The quantitative estimate of drug-likeness (QED) is 0.558. The maximum absolute atomic E-state index is 13.2. The molecule has 2 aromatic heterocycles. The van der Waals surface area contributed by atoms with Crippen LogP contribution in [0.25, 0.3) is 16.7 Å². The van der Waals surface area contributed by atoms with Crippen molar-refractivity contribution in [2.24, 2.45) is 0 Å². The van der Waals surface area contributed by atoms with Crippen LogP contribution in [0.4, 0.5) is 10.1 Å². The summed E-state index contributed by atoms with van der Waals surface area (Å²) in [4.78, 5) is 29.4. The molecule has 2 heterocycles. The van der Waals surface area contributed by atoms with Gasteiger partial charge in [0.1, 0.15) is 24.1 Å². The number of nitrogens with zero attached hydrogens (tertiary/aromatic N) is 4. The minimum atomic E-state index is -0.582. The highest BCUT2D eigenvalue weighted by Crippen LogP contribution is 2.19. The highest BCUT2D eigenvalue weighted by atomic mass is 35.5. The van der Waals surface area contributed by atoms with E-state index in [9.17, 15) is 14.0 Å². The Kier molecular flexibility index (Phi) is 4.85. The summed E-state index contributed by atoms with van der Waals surface area (Å²) in [7, 11) is 0. The summed E-state index contributed by atoms with van der Waals surface area (Å²) in [6.45, 7) is 1.68. The third-order valence-electron chi connectivity index (χ3n) is 4.42. The molecule has 4 rings (SSSR count). The zero-order valence-corrected chi connectivity index (χ0v) is 16.0. The van der Waals surface area contributed by atoms with E-state index in [1.807, 2.05) is 31.2 Å². The Bertz CT molecular complexity index is 1300. The molecule has 0 aliphatic carbocycles. The van der Waals surface area contributed by atoms with E-state index in [-0.39, 0.29) is 17.1 Å². The number of aryl methyl sites for hydroxylation is 1. The molecule has 29 heavy (non-hydrogen) atoms. The van der Waals surface area contributed by atoms with Crippen molar-refractivity contribution in [3.8, 4) is 5.69 Å². The molecule has 4 aromatic rings. The normalized spacial score (nSPS) is 11.0. The summed E-state index contributed by atoms with van der Waals surface area (Å²) < 4.78 is 16.0. The maximum Gasteiger partial charge on any atom is 0.264 e. The summed E-state index contributed by atoms with van der Waals surface area (Å²) in [5, 5.41) is 7.05. The number of hydrogen-bond donors (Lipinski definition) is 1. The lowest BCUT2D eigenvalue weighted by molar-refractivity contribution is -0.116. The Hall–Kier alpha value is -3.52. The van der Waals surface area contributed by atoms with E-state index in [0.717, 1.165) is 17.3 Å². The van der Waals surface area contributed by atoms with E-state index < -0.39 is 11.7 Å². The van der Waals surface area contributed by atoms with Crippen molar-refractivity contribution in [1.82, 2.24) is 19.3 Å². The maximum atomic E-state index is 13.2. The third-order valence-corrected chi connectivity index (χ3v) is 4.71. The van der Waals surface area contributed by atoms with Crippen LogP contribution in [0.15, 0.2) is 59.8 Å². The minimum absolute atomic E-state index is 0.105. The third kappa shape index (κ3) is 3.62. The first-order valence-electron chi connectivity index (χ1n) is 8.68. The molecule has 1 N–H and O–H groups in total. The number of rotatable bonds is 4. The van der Waals surface area contributed by atoms with Crippen molar-refractivity contribution in [1.29, 1.82) is 0 Å². The Balaban J connectivity index is 1.61. The standard InChI is InChI=1S/C20H15ClFN5O2/c1-12-4-2-3-5-17(12)27-19-14(9-24-27)20(29)26(11-23-19)10-18(28)25-13-6-7-16(22)15(21)8-13/h2-9,11H,10H2,1H3,(H,25,28). The topological polar surface area (TPSA) is 81.8 Å². The van der Waals surface area contributed by atoms with Crippen LogP contribution >= 0.6 is 11.6 Å². The van der Waals surface area contributed by atoms with Gasteiger partial charge in [0.15, 0.2) is 5.65 Å². The molecule has 146 valence electrons. The number of para-hydroxylation sites is 1. The van der Waals surface area contributed by atoms with Crippen molar-refractivity contribution < 1.29 is 9.18 Å². The molecule has 2 aromatic carbocycles. The summed E-state index contributed by atoms with van der Waals surface area (Å²) in [5.74, 6) is -1.05. The van der Waals surface area contributed by atoms with Gasteiger partial charge in [0.25, 0.3) is 5.56 Å². The monoisotopic (exact) mass is 411 g/mol. The first kappa shape index (κ1) is 18.8. The van der Waals surface area contributed by atoms with Gasteiger partial charge in [-0.1, -0.05) is 29.8 Å². The average molecular weight is 412 g/mol. The van der Waals surface area contributed by atoms with Crippen LogP contribution in [0.2, 0.25) is 5.02 Å². The van der Waals surface area contributed by atoms with Gasteiger partial charge in [-0.3, -0.25) is 14.2 Å². The summed E-state index contributed by atoms with van der Waals surface area (Å²) in [6.07, 6.45) is 2.74. The van der Waals surface area contributed by atoms with Gasteiger partial charge in [0, 0.05) is 5.69 Å². The van der Waals surface area contributed by atoms with Gasteiger partial charge in [0.2, 0.25) is 5.91 Å². The summed E-state index contributed by atoms with van der Waals surface area (Å²) >= 11 is 5.71. The molecule has 0 spiro atoms. The smallest absolute Gasteiger partial charge is 0.264 e. The number of carbonyl (C=O) groups is 1. The number of amides is 1. The molecule has 0 saturated heterocycles. The van der Waals surface area contributed by atoms with Crippen LogP contribution in [0.3, 0.4) is 0 Å². The molecule has 0 bridgehead atoms. The largest absolute Gasteiger partial charge is 0.324 e. The van der Waals surface area contributed by atoms with Crippen molar-refractivity contribution in [3.05, 3.63) is 81.7 Å². The van der Waals surface area contributed by atoms with Crippen LogP contribution in [-0.4, -0.2) is 25.2 Å². The van der Waals surface area contributed by atoms with E-state index in [2.05, 4.69) is 15.4 Å². The number of fused-ring (bicyclic) bond motifs is 1. The molecular formula is C20H15ClFN5O2. The molecule has 0 aliphatic heterocycles. The number of anilines is 1. The Labute approximate surface area is 169 Å². The Morgan fingerprint density at radius 2 is 2.03 bits per heavy atom. The van der Waals surface area contributed by atoms with Gasteiger partial charge < -0.3 is 5.32 Å². The fourth-order valence-electron chi connectivity index (χ4n) is 2.97. The van der Waals surface area contributed by atoms with E-state index in [4.69, 9.17) is 11.6 Å². The Morgan fingerprint density at radius 1 is 1.24 bits per heavy atom. The van der Waals surface area contributed by atoms with Crippen molar-refractivity contribution in [3.63, 3.8) is 0 Å². The van der Waals surface area contributed by atoms with E-state index in [1.165, 1.54) is 29.2 Å². The van der Waals surface area contributed by atoms with Crippen LogP contribution in [0.1, 0.15) is 5.56 Å². The van der Waals surface area contributed by atoms with Gasteiger partial charge in [-0.2, -0.15) is 5.10 Å². The predicted molar refractivity (Wildman–Crippen MR) is 108 cm³/mol. The van der Waals surface area contributed by atoms with Gasteiger partial charge >= 0.3 is 0 Å². The molecule has 0 radical (unpaired) electrons. The molecule has 0 aliphatic rings. The lowest BCUT2D eigenvalue weighted by Gasteiger charge is -2.09. The molecule has 0 unspecified atom stereocenters. The lowest BCUT2D eigenvalue weighted by Crippen LogP contribution is -2.27. The number of aromatic nitrogens is 4. The zero-order valence-electron chi connectivity index (χ0n) is 15.3. The van der Waals surface area contributed by atoms with Crippen LogP contribution in [-0.2, 0) is 11.3 Å². The highest BCUT2D eigenvalue weighted by molar-refractivity contribution is 6.31. The SMILES string of the molecule is Cc1ccccc1-n1ncc2c(=O)n(CC(=O)Nc3ccc(F)c(Cl)c3)cnc21. The zero-order chi connectivity index (χ0) is 20.5. The molecular weight excluding hydrogens is 397 g/mol. The molecule has 1 amide bonds. The molecule has 0 fully saturated rings. The van der Waals surface area contributed by atoms with Crippen LogP contribution < -0.4 is 10.9 Å². The Morgan fingerprint density at radius 3 is 2.79 bits per heavy atom. The van der Waals surface area contributed by atoms with Crippen LogP contribution in [0.5, 0.6) is 0 Å². The fourth-order valence-corrected chi connectivity index (χ4v) is 3.15. The number of carbonyl (C=O) groups excluding carboxylic acids is 1. The van der Waals surface area contributed by atoms with E-state index in [1.54, 1.807) is 4.68 Å². The number of benzene rings is 2. The van der Waals surface area contributed by atoms with Crippen molar-refractivity contribution in [2.75, 3.05) is 5.32 Å². The van der Waals surface area contributed by atoms with Gasteiger partial charge in [-0.15, -0.1) is 0 Å². The first-order valence-corrected chi connectivity index (χ1v) is 9.06. The highest BCUT2D eigenvalue weighted by Gasteiger charge is 2.14. The summed E-state index contributed by atoms with van der Waals surface area (Å²) in [6, 6.07) is 11.5. The van der Waals surface area contributed by atoms with Gasteiger partial charge in [0.05, 0.1) is 16.9 Å². The van der Waals surface area contributed by atoms with Gasteiger partial charge in [-0.05, 0) is 36.8 Å². The second-order valence-electron chi connectivity index (χ2n) is 6.43. The lowest BCUT2D eigenvalue weighted by atomic mass is 10.2. The number of hydrogen-bond acceptors (Lipinski definition) is 4. The number of halogens is 2. The molecule has 9 heteroatoms. The first-order chi connectivity index (χ1) is 13.9. The summed E-state index contributed by atoms with van der Waals surface area (Å²) in [5.41, 5.74) is 2.16. The minimum Gasteiger partial charge on any atom is -0.324 e. The second kappa shape index (κ2) is 7.48. The average Bonchev–Trinajstić information content (AvgIpc) is 3.12. The van der Waals surface area contributed by atoms with E-state index in [0.29, 0.717) is 16.7 Å². The molecule has 0 atom stereocenters. The van der Waals surface area contributed by atoms with Crippen LogP contribution in [0, 0.1) is 12.7 Å². The van der Waals surface area contributed by atoms with Crippen molar-refractivity contribution >= 4 is 34.2 Å². The molecule has 0 saturated carbocycles. The fraction of sp³-hybridized carbons (Fsp3) is 0.100. The van der Waals surface area contributed by atoms with Crippen molar-refractivity contribution in [2.45, 2.75) is 13.5 Å². The number of nitrogens with one attached hydrogen (secondary N) is 1. The second-order valence-corrected chi connectivity index (χ2v) is 6.84.